The maximum Gasteiger partial charge on any atom is 0.341 e. The molecule has 0 amide bonds. The van der Waals surface area contributed by atoms with E-state index in [0.29, 0.717) is 12.2 Å². The van der Waals surface area contributed by atoms with E-state index in [1.165, 1.54) is 11.1 Å². The fourth-order valence-corrected chi connectivity index (χ4v) is 5.80. The van der Waals surface area contributed by atoms with Gasteiger partial charge in [-0.15, -0.1) is 0 Å². The number of carbonyl (C=O) groups excluding carboxylic acids is 1. The van der Waals surface area contributed by atoms with E-state index in [1.54, 1.807) is 0 Å². The van der Waals surface area contributed by atoms with Gasteiger partial charge in [0, 0.05) is 18.5 Å². The van der Waals surface area contributed by atoms with Gasteiger partial charge in [-0.2, -0.15) is 0 Å². The van der Waals surface area contributed by atoms with E-state index in [-0.39, 0.29) is 17.8 Å². The lowest BCUT2D eigenvalue weighted by molar-refractivity contribution is -0.144. The molecule has 0 fully saturated rings. The lowest BCUT2D eigenvalue weighted by Gasteiger charge is -2.33. The van der Waals surface area contributed by atoms with Gasteiger partial charge in [0.05, 0.1) is 16.7 Å². The number of hydrogen-bond acceptors (Lipinski definition) is 4. The second kappa shape index (κ2) is 8.69. The molecule has 1 aliphatic carbocycles. The Labute approximate surface area is 195 Å². The first-order valence-corrected chi connectivity index (χ1v) is 11.8. The number of hydrogen-bond donors (Lipinski definition) is 2. The number of cyclic esters (lactones) is 1. The zero-order valence-corrected chi connectivity index (χ0v) is 20.1. The summed E-state index contributed by atoms with van der Waals surface area (Å²) >= 11 is 0. The number of carboxylic acid groups (broad SMARTS) is 1. The van der Waals surface area contributed by atoms with Gasteiger partial charge < -0.3 is 15.2 Å². The van der Waals surface area contributed by atoms with Gasteiger partial charge in [-0.25, -0.2) is 4.79 Å². The summed E-state index contributed by atoms with van der Waals surface area (Å²) in [5, 5.41) is 13.5. The third kappa shape index (κ3) is 3.54. The Morgan fingerprint density at radius 2 is 2.00 bits per heavy atom. The highest BCUT2D eigenvalue weighted by Crippen LogP contribution is 2.48. The molecule has 2 aliphatic rings. The van der Waals surface area contributed by atoms with Crippen molar-refractivity contribution < 1.29 is 19.4 Å². The van der Waals surface area contributed by atoms with Crippen LogP contribution < -0.4 is 5.32 Å². The number of esters is 1. The summed E-state index contributed by atoms with van der Waals surface area (Å²) in [6.07, 6.45) is 4.87. The lowest BCUT2D eigenvalue weighted by Crippen LogP contribution is -2.39. The second-order valence-electron chi connectivity index (χ2n) is 9.41. The first-order valence-electron chi connectivity index (χ1n) is 11.8. The average Bonchev–Trinajstić information content (AvgIpc) is 3.46. The van der Waals surface area contributed by atoms with Crippen LogP contribution in [0.1, 0.15) is 77.7 Å². The normalized spacial score (nSPS) is 20.0. The van der Waals surface area contributed by atoms with Crippen molar-refractivity contribution in [2.24, 2.45) is 5.92 Å². The SMILES string of the molecule is CCc1c(C)c2c(c(NC)c1C1C=C(C(C)C(C)(C(=O)O)c3ccccc3)CC1)C(=O)OC2. The van der Waals surface area contributed by atoms with Crippen molar-refractivity contribution in [3.05, 3.63) is 75.4 Å². The zero-order valence-electron chi connectivity index (χ0n) is 20.1. The number of benzene rings is 2. The van der Waals surface area contributed by atoms with Crippen molar-refractivity contribution in [2.45, 2.75) is 64.9 Å². The molecule has 0 aromatic heterocycles. The van der Waals surface area contributed by atoms with Crippen LogP contribution >= 0.6 is 0 Å². The first-order chi connectivity index (χ1) is 15.7. The molecule has 0 saturated carbocycles. The van der Waals surface area contributed by atoms with Crippen LogP contribution in [0.15, 0.2) is 42.0 Å². The number of aliphatic carboxylic acids is 1. The third-order valence-electron chi connectivity index (χ3n) is 7.98. The highest BCUT2D eigenvalue weighted by Gasteiger charge is 2.43. The van der Waals surface area contributed by atoms with Gasteiger partial charge in [0.25, 0.3) is 0 Å². The number of anilines is 1. The molecule has 1 aliphatic heterocycles. The minimum Gasteiger partial charge on any atom is -0.481 e. The number of carboxylic acids is 1. The number of allylic oxidation sites excluding steroid dienone is 2. The molecule has 0 spiro atoms. The minimum absolute atomic E-state index is 0.131. The van der Waals surface area contributed by atoms with Gasteiger partial charge in [-0.05, 0) is 61.3 Å². The minimum atomic E-state index is -1.01. The lowest BCUT2D eigenvalue weighted by atomic mass is 9.69. The fourth-order valence-electron chi connectivity index (χ4n) is 5.80. The van der Waals surface area contributed by atoms with E-state index < -0.39 is 11.4 Å². The monoisotopic (exact) mass is 447 g/mol. The van der Waals surface area contributed by atoms with Gasteiger partial charge in [0.2, 0.25) is 0 Å². The molecule has 0 bridgehead atoms. The molecule has 1 heterocycles. The van der Waals surface area contributed by atoms with Crippen LogP contribution in [0.4, 0.5) is 5.69 Å². The molecule has 33 heavy (non-hydrogen) atoms. The van der Waals surface area contributed by atoms with Crippen LogP contribution in [0.2, 0.25) is 0 Å². The van der Waals surface area contributed by atoms with Gasteiger partial charge in [-0.3, -0.25) is 4.79 Å². The van der Waals surface area contributed by atoms with Gasteiger partial charge in [0.15, 0.2) is 0 Å². The molecule has 5 heteroatoms. The number of ether oxygens (including phenoxy) is 1. The summed E-state index contributed by atoms with van der Waals surface area (Å²) in [6, 6.07) is 9.51. The smallest absolute Gasteiger partial charge is 0.341 e. The van der Waals surface area contributed by atoms with E-state index in [4.69, 9.17) is 4.74 Å². The summed E-state index contributed by atoms with van der Waals surface area (Å²) in [5.41, 5.74) is 7.05. The van der Waals surface area contributed by atoms with Crippen LogP contribution in [-0.4, -0.2) is 24.1 Å². The summed E-state index contributed by atoms with van der Waals surface area (Å²) < 4.78 is 5.38. The van der Waals surface area contributed by atoms with E-state index in [9.17, 15) is 14.7 Å². The number of rotatable bonds is 7. The fraction of sp³-hybridized carbons (Fsp3) is 0.429. The van der Waals surface area contributed by atoms with E-state index in [1.807, 2.05) is 51.2 Å². The van der Waals surface area contributed by atoms with Crippen molar-refractivity contribution in [1.82, 2.24) is 0 Å². The summed E-state index contributed by atoms with van der Waals surface area (Å²) in [6.45, 7) is 8.42. The zero-order chi connectivity index (χ0) is 23.9. The summed E-state index contributed by atoms with van der Waals surface area (Å²) in [7, 11) is 1.86. The van der Waals surface area contributed by atoms with Gasteiger partial charge in [-0.1, -0.05) is 55.8 Å². The Kier molecular flexibility index (Phi) is 6.08. The maximum atomic E-state index is 12.6. The molecule has 0 radical (unpaired) electrons. The molecule has 2 aromatic carbocycles. The standard InChI is InChI=1S/C28H33NO4/c1-6-21-16(2)22-15-33-26(30)24(22)25(29-5)23(21)19-13-12-18(14-19)17(3)28(4,27(31)32)20-10-8-7-9-11-20/h7-11,14,17,19,29H,6,12-13,15H2,1-5H3,(H,31,32). The molecule has 3 unspecified atom stereocenters. The van der Waals surface area contributed by atoms with Crippen molar-refractivity contribution in [3.63, 3.8) is 0 Å². The Morgan fingerprint density at radius 1 is 1.30 bits per heavy atom. The van der Waals surface area contributed by atoms with E-state index >= 15 is 0 Å². The number of carbonyl (C=O) groups is 2. The van der Waals surface area contributed by atoms with Gasteiger partial charge in [0.1, 0.15) is 6.61 Å². The predicted octanol–water partition coefficient (Wildman–Crippen LogP) is 5.75. The Balaban J connectivity index is 1.80. The van der Waals surface area contributed by atoms with E-state index in [2.05, 4.69) is 25.2 Å². The van der Waals surface area contributed by atoms with Crippen LogP contribution in [0.5, 0.6) is 0 Å². The maximum absolute atomic E-state index is 12.6. The molecular formula is C28H33NO4. The van der Waals surface area contributed by atoms with Crippen molar-refractivity contribution in [2.75, 3.05) is 12.4 Å². The summed E-state index contributed by atoms with van der Waals surface area (Å²) in [4.78, 5) is 25.0. The topological polar surface area (TPSA) is 75.6 Å². The van der Waals surface area contributed by atoms with Crippen LogP contribution in [0, 0.1) is 12.8 Å². The number of fused-ring (bicyclic) bond motifs is 1. The van der Waals surface area contributed by atoms with Crippen LogP contribution in [0.25, 0.3) is 0 Å². The Bertz CT molecular complexity index is 1130. The average molecular weight is 448 g/mol. The Hall–Kier alpha value is -3.08. The van der Waals surface area contributed by atoms with Crippen molar-refractivity contribution in [1.29, 1.82) is 0 Å². The third-order valence-corrected chi connectivity index (χ3v) is 7.98. The van der Waals surface area contributed by atoms with Gasteiger partial charge >= 0.3 is 11.9 Å². The van der Waals surface area contributed by atoms with Crippen LogP contribution in [0.3, 0.4) is 0 Å². The number of nitrogens with one attached hydrogen (secondary N) is 1. The quantitative estimate of drug-likeness (QED) is 0.417. The predicted molar refractivity (Wildman–Crippen MR) is 130 cm³/mol. The van der Waals surface area contributed by atoms with Crippen molar-refractivity contribution >= 4 is 17.6 Å². The molecule has 2 N–H and O–H groups in total. The molecule has 174 valence electrons. The molecule has 0 saturated heterocycles. The Morgan fingerprint density at radius 3 is 2.61 bits per heavy atom. The van der Waals surface area contributed by atoms with E-state index in [0.717, 1.165) is 47.2 Å². The molecule has 2 aromatic rings. The van der Waals surface area contributed by atoms with Crippen LogP contribution in [-0.2, 0) is 28.0 Å². The molecule has 4 rings (SSSR count). The molecular weight excluding hydrogens is 414 g/mol. The molecule has 3 atom stereocenters. The second-order valence-corrected chi connectivity index (χ2v) is 9.41. The highest BCUT2D eigenvalue weighted by atomic mass is 16.5. The highest BCUT2D eigenvalue weighted by molar-refractivity contribution is 6.01. The summed E-state index contributed by atoms with van der Waals surface area (Å²) in [5.74, 6) is -1.11. The largest absolute Gasteiger partial charge is 0.481 e. The first kappa shape index (κ1) is 23.1. The molecule has 5 nitrogen and oxygen atoms in total. The van der Waals surface area contributed by atoms with Crippen molar-refractivity contribution in [3.8, 4) is 0 Å².